The third kappa shape index (κ3) is 7.68. The summed E-state index contributed by atoms with van der Waals surface area (Å²) in [6.45, 7) is 13.8. The number of sulfonamides is 1. The molecule has 3 unspecified atom stereocenters. The lowest BCUT2D eigenvalue weighted by molar-refractivity contribution is 0.124. The molecule has 3 aliphatic rings. The maximum Gasteiger partial charge on any atom is 0.253 e. The van der Waals surface area contributed by atoms with Crippen LogP contribution in [0.15, 0.2) is 82.3 Å². The number of piperazine rings is 1. The number of hydrogen-bond acceptors (Lipinski definition) is 10. The van der Waals surface area contributed by atoms with Gasteiger partial charge in [0, 0.05) is 74.3 Å². The molecule has 1 fully saturated rings. The zero-order valence-electron chi connectivity index (χ0n) is 24.9. The van der Waals surface area contributed by atoms with Gasteiger partial charge in [-0.2, -0.15) is 4.31 Å². The van der Waals surface area contributed by atoms with Crippen molar-refractivity contribution < 1.29 is 13.2 Å². The van der Waals surface area contributed by atoms with Crippen molar-refractivity contribution in [3.8, 4) is 0 Å². The standard InChI is InChI=1S/C31H42N6O3S3/c1-4-40-18-17-37(43(38,39)29-12-7-19-41-29)28-11-6-10-25-20-27(34-30(25)28)31-33-21-26(42-31)22-35-13-15-36(16-14-35)24(3)9-5-8-23(2)32/h5-9,11-12,19-21,25,28,30,34H,3-4,10,13-18,22,32H2,1-2H3/b9-5-,23-8-. The average molecular weight is 643 g/mol. The van der Waals surface area contributed by atoms with Gasteiger partial charge in [0.25, 0.3) is 10.0 Å². The van der Waals surface area contributed by atoms with E-state index in [1.807, 2.05) is 44.3 Å². The Bertz CT molecular complexity index is 1470. The van der Waals surface area contributed by atoms with E-state index in [2.05, 4.69) is 33.8 Å². The molecule has 3 N–H and O–H groups in total. The first-order valence-electron chi connectivity index (χ1n) is 14.8. The summed E-state index contributed by atoms with van der Waals surface area (Å²) in [5.41, 5.74) is 8.48. The summed E-state index contributed by atoms with van der Waals surface area (Å²) >= 11 is 2.96. The van der Waals surface area contributed by atoms with Gasteiger partial charge < -0.3 is 20.7 Å². The van der Waals surface area contributed by atoms with E-state index in [0.717, 1.165) is 61.2 Å². The molecule has 0 spiro atoms. The summed E-state index contributed by atoms with van der Waals surface area (Å²) in [6.07, 6.45) is 15.1. The van der Waals surface area contributed by atoms with Crippen molar-refractivity contribution in [1.29, 1.82) is 0 Å². The molecule has 5 rings (SSSR count). The van der Waals surface area contributed by atoms with Gasteiger partial charge in [-0.25, -0.2) is 13.4 Å². The minimum atomic E-state index is -3.67. The molecule has 0 saturated carbocycles. The molecule has 1 aliphatic carbocycles. The van der Waals surface area contributed by atoms with Gasteiger partial charge in [-0.1, -0.05) is 36.9 Å². The highest BCUT2D eigenvalue weighted by Crippen LogP contribution is 2.37. The van der Waals surface area contributed by atoms with Crippen LogP contribution in [-0.2, 0) is 21.3 Å². The summed E-state index contributed by atoms with van der Waals surface area (Å²) in [5.74, 6) is 0.185. The van der Waals surface area contributed by atoms with Gasteiger partial charge in [0.15, 0.2) is 0 Å². The molecule has 2 aromatic heterocycles. The van der Waals surface area contributed by atoms with Crippen LogP contribution in [0, 0.1) is 5.92 Å². The average Bonchev–Trinajstić information content (AvgIpc) is 3.77. The Morgan fingerprint density at radius 2 is 2.14 bits per heavy atom. The van der Waals surface area contributed by atoms with E-state index in [4.69, 9.17) is 15.5 Å². The van der Waals surface area contributed by atoms with Crippen LogP contribution in [0.3, 0.4) is 0 Å². The molecule has 3 atom stereocenters. The third-order valence-corrected chi connectivity index (χ3v) is 12.2. The van der Waals surface area contributed by atoms with E-state index in [9.17, 15) is 8.42 Å². The molecule has 9 nitrogen and oxygen atoms in total. The highest BCUT2D eigenvalue weighted by Gasteiger charge is 2.42. The van der Waals surface area contributed by atoms with Crippen LogP contribution in [0.25, 0.3) is 5.70 Å². The fraction of sp³-hybridized carbons (Fsp3) is 0.452. The first-order valence-corrected chi connectivity index (χ1v) is 17.9. The van der Waals surface area contributed by atoms with E-state index in [1.54, 1.807) is 33.2 Å². The van der Waals surface area contributed by atoms with Crippen LogP contribution in [0.1, 0.15) is 30.2 Å². The lowest BCUT2D eigenvalue weighted by atomic mass is 9.87. The minimum absolute atomic E-state index is 0.0665. The van der Waals surface area contributed by atoms with E-state index >= 15 is 0 Å². The van der Waals surface area contributed by atoms with E-state index in [-0.39, 0.29) is 18.0 Å². The normalized spacial score (nSPS) is 23.1. The summed E-state index contributed by atoms with van der Waals surface area (Å²) in [5, 5.41) is 6.43. The Hall–Kier alpha value is -2.74. The predicted octanol–water partition coefficient (Wildman–Crippen LogP) is 4.24. The molecule has 43 heavy (non-hydrogen) atoms. The summed E-state index contributed by atoms with van der Waals surface area (Å²) in [6, 6.07) is 3.07. The number of thiazole rings is 1. The molecule has 0 radical (unpaired) electrons. The van der Waals surface area contributed by atoms with Crippen LogP contribution in [0.2, 0.25) is 0 Å². The second-order valence-corrected chi connectivity index (χ2v) is 15.1. The minimum Gasteiger partial charge on any atom is -0.402 e. The first-order chi connectivity index (χ1) is 20.8. The molecular weight excluding hydrogens is 601 g/mol. The van der Waals surface area contributed by atoms with Crippen LogP contribution in [0.5, 0.6) is 0 Å². The Labute approximate surface area is 263 Å². The highest BCUT2D eigenvalue weighted by atomic mass is 32.2. The molecule has 1 saturated heterocycles. The smallest absolute Gasteiger partial charge is 0.253 e. The van der Waals surface area contributed by atoms with Crippen LogP contribution < -0.4 is 11.1 Å². The van der Waals surface area contributed by atoms with Gasteiger partial charge in [0.05, 0.1) is 24.4 Å². The lowest BCUT2D eigenvalue weighted by Gasteiger charge is -2.37. The lowest BCUT2D eigenvalue weighted by Crippen LogP contribution is -2.53. The first kappa shape index (κ1) is 31.7. The quantitative estimate of drug-likeness (QED) is 0.190. The zero-order chi connectivity index (χ0) is 30.4. The summed E-state index contributed by atoms with van der Waals surface area (Å²) < 4.78 is 35.0. The van der Waals surface area contributed by atoms with Crippen molar-refractivity contribution in [2.75, 3.05) is 45.9 Å². The van der Waals surface area contributed by atoms with Crippen LogP contribution in [-0.4, -0.2) is 85.5 Å². The fourth-order valence-corrected chi connectivity index (χ4v) is 9.35. The Morgan fingerprint density at radius 3 is 2.86 bits per heavy atom. The molecule has 2 aliphatic heterocycles. The van der Waals surface area contributed by atoms with E-state index in [0.29, 0.717) is 24.0 Å². The number of nitrogens with one attached hydrogen (secondary N) is 1. The number of nitrogens with zero attached hydrogens (tertiary/aromatic N) is 4. The maximum absolute atomic E-state index is 13.7. The van der Waals surface area contributed by atoms with Crippen molar-refractivity contribution in [3.05, 3.63) is 88.0 Å². The molecular formula is C31H42N6O3S3. The molecule has 232 valence electrons. The van der Waals surface area contributed by atoms with Crippen molar-refractivity contribution in [1.82, 2.24) is 24.4 Å². The van der Waals surface area contributed by atoms with Gasteiger partial charge in [-0.05, 0) is 43.9 Å². The van der Waals surface area contributed by atoms with E-state index in [1.165, 1.54) is 16.2 Å². The highest BCUT2D eigenvalue weighted by molar-refractivity contribution is 7.91. The number of fused-ring (bicyclic) bond motifs is 1. The molecule has 0 amide bonds. The Kier molecular flexibility index (Phi) is 10.6. The number of aromatic nitrogens is 1. The van der Waals surface area contributed by atoms with Crippen molar-refractivity contribution in [2.24, 2.45) is 11.7 Å². The number of nitrogens with two attached hydrogens (primary N) is 1. The van der Waals surface area contributed by atoms with E-state index < -0.39 is 10.0 Å². The molecule has 12 heteroatoms. The second-order valence-electron chi connectivity index (χ2n) is 11.0. The van der Waals surface area contributed by atoms with Gasteiger partial charge in [-0.3, -0.25) is 4.90 Å². The number of thiophene rings is 1. The van der Waals surface area contributed by atoms with Gasteiger partial charge in [-0.15, -0.1) is 22.7 Å². The monoisotopic (exact) mass is 642 g/mol. The molecule has 0 aromatic carbocycles. The summed E-state index contributed by atoms with van der Waals surface area (Å²) in [4.78, 5) is 10.8. The molecule has 4 heterocycles. The van der Waals surface area contributed by atoms with Gasteiger partial charge in [0.2, 0.25) is 0 Å². The number of hydrogen-bond donors (Lipinski definition) is 2. The molecule has 2 aromatic rings. The topological polar surface area (TPSA) is 104 Å². The van der Waals surface area contributed by atoms with Gasteiger partial charge >= 0.3 is 0 Å². The van der Waals surface area contributed by atoms with Crippen molar-refractivity contribution in [3.63, 3.8) is 0 Å². The zero-order valence-corrected chi connectivity index (χ0v) is 27.3. The van der Waals surface area contributed by atoms with Gasteiger partial charge in [0.1, 0.15) is 9.22 Å². The van der Waals surface area contributed by atoms with Crippen molar-refractivity contribution in [2.45, 2.75) is 43.1 Å². The number of ether oxygens (including phenoxy) is 1. The second kappa shape index (κ2) is 14.4. The predicted molar refractivity (Wildman–Crippen MR) is 176 cm³/mol. The van der Waals surface area contributed by atoms with Crippen LogP contribution in [0.4, 0.5) is 0 Å². The fourth-order valence-electron chi connectivity index (χ4n) is 5.70. The third-order valence-electron chi connectivity index (χ3n) is 7.91. The Morgan fingerprint density at radius 1 is 1.33 bits per heavy atom. The largest absolute Gasteiger partial charge is 0.402 e. The maximum atomic E-state index is 13.7. The Balaban J connectivity index is 1.21. The molecule has 0 bridgehead atoms. The summed E-state index contributed by atoms with van der Waals surface area (Å²) in [7, 11) is -3.67. The number of allylic oxidation sites excluding steroid dienone is 5. The number of rotatable bonds is 13. The van der Waals surface area contributed by atoms with Crippen molar-refractivity contribution >= 4 is 38.4 Å². The van der Waals surface area contributed by atoms with Crippen LogP contribution >= 0.6 is 22.7 Å². The SMILES string of the molecule is C=C(/C=C\C=C(\C)N)N1CCN(Cc2cnc(C3=CC4CC=CC(N(CCOCC)S(=O)(=O)c5cccs5)C4N3)s2)CC1.